The summed E-state index contributed by atoms with van der Waals surface area (Å²) < 4.78 is 0. The lowest BCUT2D eigenvalue weighted by atomic mass is 10.2. The van der Waals surface area contributed by atoms with Crippen molar-refractivity contribution in [3.63, 3.8) is 0 Å². The van der Waals surface area contributed by atoms with Gasteiger partial charge in [0.1, 0.15) is 0 Å². The standard InChI is InChI=1S/C5H5NO2S/c7-3-1-5-6(3)4(8)2-9-5/h5H,1-2H2/t5-/m1/s1. The lowest BCUT2D eigenvalue weighted by Crippen LogP contribution is -2.49. The van der Waals surface area contributed by atoms with Gasteiger partial charge >= 0.3 is 0 Å². The predicted molar refractivity (Wildman–Crippen MR) is 32.7 cm³/mol. The van der Waals surface area contributed by atoms with Gasteiger partial charge in [0.25, 0.3) is 0 Å². The molecule has 4 heteroatoms. The summed E-state index contributed by atoms with van der Waals surface area (Å²) >= 11 is 1.56. The molecule has 0 bridgehead atoms. The molecule has 0 saturated carbocycles. The zero-order chi connectivity index (χ0) is 6.43. The largest absolute Gasteiger partial charge is 0.274 e. The summed E-state index contributed by atoms with van der Waals surface area (Å²) in [5.74, 6) is 0.479. The Hall–Kier alpha value is -0.510. The van der Waals surface area contributed by atoms with Crippen LogP contribution in [0.25, 0.3) is 0 Å². The third kappa shape index (κ3) is 0.538. The molecule has 0 aliphatic carbocycles. The fraction of sp³-hybridized carbons (Fsp3) is 0.600. The van der Waals surface area contributed by atoms with Gasteiger partial charge in [-0.05, 0) is 0 Å². The van der Waals surface area contributed by atoms with E-state index in [-0.39, 0.29) is 17.2 Å². The van der Waals surface area contributed by atoms with Crippen LogP contribution in [-0.2, 0) is 9.59 Å². The second-order valence-corrected chi connectivity index (χ2v) is 3.29. The number of amides is 2. The maximum absolute atomic E-state index is 10.7. The molecule has 1 atom stereocenters. The number of fused-ring (bicyclic) bond motifs is 1. The van der Waals surface area contributed by atoms with Crippen LogP contribution in [0, 0.1) is 0 Å². The van der Waals surface area contributed by atoms with Crippen molar-refractivity contribution in [2.24, 2.45) is 0 Å². The summed E-state index contributed by atoms with van der Waals surface area (Å²) in [6.45, 7) is 0. The third-order valence-electron chi connectivity index (χ3n) is 1.57. The highest BCUT2D eigenvalue weighted by atomic mass is 32.2. The molecule has 0 aromatic heterocycles. The first-order valence-corrected chi connectivity index (χ1v) is 3.80. The highest BCUT2D eigenvalue weighted by molar-refractivity contribution is 8.01. The topological polar surface area (TPSA) is 37.4 Å². The molecule has 2 aliphatic rings. The van der Waals surface area contributed by atoms with E-state index in [1.807, 2.05) is 0 Å². The molecule has 0 aromatic rings. The van der Waals surface area contributed by atoms with Crippen LogP contribution in [0.2, 0.25) is 0 Å². The van der Waals surface area contributed by atoms with E-state index < -0.39 is 0 Å². The van der Waals surface area contributed by atoms with Crippen LogP contribution in [0.15, 0.2) is 0 Å². The molecule has 0 unspecified atom stereocenters. The molecular weight excluding hydrogens is 138 g/mol. The van der Waals surface area contributed by atoms with Crippen molar-refractivity contribution in [2.75, 3.05) is 5.75 Å². The molecule has 3 nitrogen and oxygen atoms in total. The molecule has 2 saturated heterocycles. The average molecular weight is 143 g/mol. The van der Waals surface area contributed by atoms with Gasteiger partial charge in [-0.25, -0.2) is 0 Å². The first-order valence-electron chi connectivity index (χ1n) is 2.75. The van der Waals surface area contributed by atoms with Gasteiger partial charge < -0.3 is 0 Å². The molecule has 48 valence electrons. The fourth-order valence-electron chi connectivity index (χ4n) is 1.06. The maximum atomic E-state index is 10.7. The number of hydrogen-bond donors (Lipinski definition) is 0. The Balaban J connectivity index is 2.23. The van der Waals surface area contributed by atoms with Crippen molar-refractivity contribution in [1.82, 2.24) is 4.90 Å². The maximum Gasteiger partial charge on any atom is 0.240 e. The number of carbonyl (C=O) groups is 2. The fourth-order valence-corrected chi connectivity index (χ4v) is 2.18. The Kier molecular flexibility index (Phi) is 0.883. The Labute approximate surface area is 56.4 Å². The molecule has 0 N–H and O–H groups in total. The molecule has 0 spiro atoms. The Morgan fingerprint density at radius 1 is 1.44 bits per heavy atom. The van der Waals surface area contributed by atoms with Gasteiger partial charge in [-0.3, -0.25) is 14.5 Å². The summed E-state index contributed by atoms with van der Waals surface area (Å²) in [6.07, 6.45) is 0.566. The molecular formula is C5H5NO2S. The first kappa shape index (κ1) is 5.29. The molecule has 2 amide bonds. The van der Waals surface area contributed by atoms with Crippen molar-refractivity contribution in [2.45, 2.75) is 11.8 Å². The van der Waals surface area contributed by atoms with E-state index in [2.05, 4.69) is 0 Å². The third-order valence-corrected chi connectivity index (χ3v) is 2.75. The lowest BCUT2D eigenvalue weighted by molar-refractivity contribution is -0.151. The first-order chi connectivity index (χ1) is 4.29. The minimum Gasteiger partial charge on any atom is -0.274 e. The zero-order valence-electron chi connectivity index (χ0n) is 4.66. The predicted octanol–water partition coefficient (Wildman–Crippen LogP) is -0.182. The Morgan fingerprint density at radius 3 is 2.67 bits per heavy atom. The van der Waals surface area contributed by atoms with E-state index in [4.69, 9.17) is 0 Å². The normalized spacial score (nSPS) is 32.4. The van der Waals surface area contributed by atoms with E-state index in [1.165, 1.54) is 4.90 Å². The minimum absolute atomic E-state index is 0.00463. The second kappa shape index (κ2) is 1.50. The SMILES string of the molecule is O=C1CS[C@@H]2CC(=O)N12. The van der Waals surface area contributed by atoms with Crippen LogP contribution in [-0.4, -0.2) is 27.8 Å². The van der Waals surface area contributed by atoms with Gasteiger partial charge in [0, 0.05) is 0 Å². The molecule has 2 heterocycles. The van der Waals surface area contributed by atoms with E-state index in [0.29, 0.717) is 12.2 Å². The number of thioether (sulfide) groups is 1. The average Bonchev–Trinajstić information content (AvgIpc) is 2.04. The molecule has 0 aromatic carbocycles. The van der Waals surface area contributed by atoms with Gasteiger partial charge in [0.2, 0.25) is 11.8 Å². The quantitative estimate of drug-likeness (QED) is 0.348. The van der Waals surface area contributed by atoms with E-state index in [9.17, 15) is 9.59 Å². The molecule has 2 fully saturated rings. The zero-order valence-corrected chi connectivity index (χ0v) is 5.48. The summed E-state index contributed by atoms with van der Waals surface area (Å²) in [5.41, 5.74) is 0. The van der Waals surface area contributed by atoms with Crippen molar-refractivity contribution in [3.8, 4) is 0 Å². The monoisotopic (exact) mass is 143 g/mol. The van der Waals surface area contributed by atoms with E-state index in [1.54, 1.807) is 11.8 Å². The Bertz CT molecular complexity index is 191. The highest BCUT2D eigenvalue weighted by Crippen LogP contribution is 2.35. The van der Waals surface area contributed by atoms with E-state index >= 15 is 0 Å². The van der Waals surface area contributed by atoms with Gasteiger partial charge in [-0.1, -0.05) is 0 Å². The van der Waals surface area contributed by atoms with Crippen molar-refractivity contribution in [3.05, 3.63) is 0 Å². The smallest absolute Gasteiger partial charge is 0.240 e. The lowest BCUT2D eigenvalue weighted by Gasteiger charge is -2.30. The van der Waals surface area contributed by atoms with Crippen LogP contribution < -0.4 is 0 Å². The van der Waals surface area contributed by atoms with Crippen LogP contribution in [0.1, 0.15) is 6.42 Å². The summed E-state index contributed by atoms with van der Waals surface area (Å²) in [6, 6.07) is 0. The van der Waals surface area contributed by atoms with Crippen LogP contribution >= 0.6 is 11.8 Å². The van der Waals surface area contributed by atoms with E-state index in [0.717, 1.165) is 0 Å². The molecule has 2 aliphatic heterocycles. The van der Waals surface area contributed by atoms with Gasteiger partial charge in [0.15, 0.2) is 0 Å². The minimum atomic E-state index is -0.0127. The summed E-state index contributed by atoms with van der Waals surface area (Å²) in [4.78, 5) is 22.7. The number of hydrogen-bond acceptors (Lipinski definition) is 3. The van der Waals surface area contributed by atoms with Gasteiger partial charge in [-0.15, -0.1) is 11.8 Å². The summed E-state index contributed by atoms with van der Waals surface area (Å²) in [5, 5.41) is 0.199. The van der Waals surface area contributed by atoms with Crippen LogP contribution in [0.3, 0.4) is 0 Å². The van der Waals surface area contributed by atoms with Crippen molar-refractivity contribution >= 4 is 23.6 Å². The number of β-lactam (4-membered cyclic amide) rings is 1. The van der Waals surface area contributed by atoms with Crippen LogP contribution in [0.4, 0.5) is 0 Å². The van der Waals surface area contributed by atoms with Crippen LogP contribution in [0.5, 0.6) is 0 Å². The number of carbonyl (C=O) groups excluding carboxylic acids is 2. The van der Waals surface area contributed by atoms with Gasteiger partial charge in [-0.2, -0.15) is 0 Å². The molecule has 2 rings (SSSR count). The van der Waals surface area contributed by atoms with Gasteiger partial charge in [0.05, 0.1) is 17.5 Å². The molecule has 9 heavy (non-hydrogen) atoms. The number of rotatable bonds is 0. The highest BCUT2D eigenvalue weighted by Gasteiger charge is 2.45. The second-order valence-electron chi connectivity index (χ2n) is 2.13. The van der Waals surface area contributed by atoms with Crippen molar-refractivity contribution < 1.29 is 9.59 Å². The number of nitrogens with zero attached hydrogens (tertiary/aromatic N) is 1. The molecule has 0 radical (unpaired) electrons. The Morgan fingerprint density at radius 2 is 2.22 bits per heavy atom. The van der Waals surface area contributed by atoms with Crippen molar-refractivity contribution in [1.29, 1.82) is 0 Å². The summed E-state index contributed by atoms with van der Waals surface area (Å²) in [7, 11) is 0. The number of imide groups is 1.